The molecule has 2 rings (SSSR count). The monoisotopic (exact) mass is 419 g/mol. The third-order valence-electron chi connectivity index (χ3n) is 3.93. The SMILES string of the molecule is CCOC(=O)[C@@H](C(=O)c1ccccc1)[C@H](C[N+](=O)[O-])c1ccc(Br)cc1. The molecule has 0 saturated carbocycles. The number of nitrogens with zero attached hydrogens (tertiary/aromatic N) is 1. The molecule has 0 fully saturated rings. The van der Waals surface area contributed by atoms with Gasteiger partial charge in [-0.05, 0) is 24.6 Å². The van der Waals surface area contributed by atoms with Gasteiger partial charge in [-0.25, -0.2) is 0 Å². The zero-order valence-corrected chi connectivity index (χ0v) is 15.7. The van der Waals surface area contributed by atoms with E-state index in [0.29, 0.717) is 11.1 Å². The van der Waals surface area contributed by atoms with E-state index in [1.807, 2.05) is 0 Å². The highest BCUT2D eigenvalue weighted by Gasteiger charge is 2.40. The Morgan fingerprint density at radius 3 is 2.27 bits per heavy atom. The number of halogens is 1. The molecule has 0 spiro atoms. The van der Waals surface area contributed by atoms with Crippen molar-refractivity contribution in [3.8, 4) is 0 Å². The predicted octanol–water partition coefficient (Wildman–Crippen LogP) is 3.87. The van der Waals surface area contributed by atoms with Crippen LogP contribution in [0.15, 0.2) is 59.1 Å². The molecule has 0 radical (unpaired) electrons. The summed E-state index contributed by atoms with van der Waals surface area (Å²) >= 11 is 3.31. The molecule has 2 aromatic carbocycles. The number of esters is 1. The molecule has 7 heteroatoms. The van der Waals surface area contributed by atoms with Crippen LogP contribution in [0.25, 0.3) is 0 Å². The molecule has 0 unspecified atom stereocenters. The fourth-order valence-corrected chi connectivity index (χ4v) is 3.01. The van der Waals surface area contributed by atoms with Crippen LogP contribution in [0, 0.1) is 16.0 Å². The van der Waals surface area contributed by atoms with Crippen LogP contribution < -0.4 is 0 Å². The van der Waals surface area contributed by atoms with Crippen molar-refractivity contribution in [3.63, 3.8) is 0 Å². The van der Waals surface area contributed by atoms with Crippen LogP contribution in [0.5, 0.6) is 0 Å². The summed E-state index contributed by atoms with van der Waals surface area (Å²) in [6.07, 6.45) is 0. The summed E-state index contributed by atoms with van der Waals surface area (Å²) in [5.41, 5.74) is 0.850. The lowest BCUT2D eigenvalue weighted by Crippen LogP contribution is -2.35. The molecule has 0 saturated heterocycles. The van der Waals surface area contributed by atoms with Crippen molar-refractivity contribution in [2.45, 2.75) is 12.8 Å². The van der Waals surface area contributed by atoms with Crippen molar-refractivity contribution in [2.75, 3.05) is 13.2 Å². The quantitative estimate of drug-likeness (QED) is 0.213. The Balaban J connectivity index is 2.50. The summed E-state index contributed by atoms with van der Waals surface area (Å²) in [6, 6.07) is 15.0. The van der Waals surface area contributed by atoms with Crippen molar-refractivity contribution < 1.29 is 19.2 Å². The first-order valence-corrected chi connectivity index (χ1v) is 8.86. The maximum absolute atomic E-state index is 13.0. The van der Waals surface area contributed by atoms with Gasteiger partial charge in [0.15, 0.2) is 5.78 Å². The second-order valence-corrected chi connectivity index (χ2v) is 6.55. The Morgan fingerprint density at radius 1 is 1.12 bits per heavy atom. The molecule has 26 heavy (non-hydrogen) atoms. The number of ether oxygens (including phenoxy) is 1. The standard InChI is InChI=1S/C19H18BrNO5/c1-2-26-19(23)17(18(22)14-6-4-3-5-7-14)16(12-21(24)25)13-8-10-15(20)11-9-13/h3-11,16-17H,2,12H2,1H3/t16-,17-/m1/s1. The van der Waals surface area contributed by atoms with Gasteiger partial charge in [-0.15, -0.1) is 0 Å². The van der Waals surface area contributed by atoms with Crippen LogP contribution in [-0.2, 0) is 9.53 Å². The number of rotatable bonds is 8. The van der Waals surface area contributed by atoms with Gasteiger partial charge < -0.3 is 4.74 Å². The van der Waals surface area contributed by atoms with E-state index in [4.69, 9.17) is 4.74 Å². The van der Waals surface area contributed by atoms with Gasteiger partial charge in [0.2, 0.25) is 6.54 Å². The number of carbonyl (C=O) groups excluding carboxylic acids is 2. The molecule has 2 aromatic rings. The van der Waals surface area contributed by atoms with Crippen molar-refractivity contribution in [3.05, 3.63) is 80.3 Å². The first-order chi connectivity index (χ1) is 12.4. The van der Waals surface area contributed by atoms with E-state index in [9.17, 15) is 19.7 Å². The van der Waals surface area contributed by atoms with Crippen LogP contribution in [0.4, 0.5) is 0 Å². The third kappa shape index (κ3) is 4.98. The smallest absolute Gasteiger partial charge is 0.317 e. The molecule has 0 aliphatic carbocycles. The zero-order chi connectivity index (χ0) is 19.1. The van der Waals surface area contributed by atoms with E-state index in [0.717, 1.165) is 4.47 Å². The van der Waals surface area contributed by atoms with E-state index in [2.05, 4.69) is 15.9 Å². The van der Waals surface area contributed by atoms with Crippen LogP contribution in [0.2, 0.25) is 0 Å². The highest BCUT2D eigenvalue weighted by Crippen LogP contribution is 2.30. The second kappa shape index (κ2) is 9.24. The summed E-state index contributed by atoms with van der Waals surface area (Å²) < 4.78 is 5.86. The maximum atomic E-state index is 13.0. The van der Waals surface area contributed by atoms with E-state index >= 15 is 0 Å². The molecule has 0 aromatic heterocycles. The topological polar surface area (TPSA) is 86.5 Å². The van der Waals surface area contributed by atoms with E-state index in [1.54, 1.807) is 61.5 Å². The van der Waals surface area contributed by atoms with Gasteiger partial charge in [-0.1, -0.05) is 58.4 Å². The number of hydrogen-bond acceptors (Lipinski definition) is 5. The van der Waals surface area contributed by atoms with E-state index < -0.39 is 35.1 Å². The maximum Gasteiger partial charge on any atom is 0.317 e. The lowest BCUT2D eigenvalue weighted by atomic mass is 9.81. The first kappa shape index (κ1) is 19.8. The minimum Gasteiger partial charge on any atom is -0.465 e. The highest BCUT2D eigenvalue weighted by atomic mass is 79.9. The van der Waals surface area contributed by atoms with Crippen molar-refractivity contribution >= 4 is 27.7 Å². The van der Waals surface area contributed by atoms with Gasteiger partial charge in [0.25, 0.3) is 0 Å². The number of carbonyl (C=O) groups is 2. The van der Waals surface area contributed by atoms with Gasteiger partial charge in [-0.3, -0.25) is 19.7 Å². The Morgan fingerprint density at radius 2 is 1.73 bits per heavy atom. The molecule has 136 valence electrons. The lowest BCUT2D eigenvalue weighted by molar-refractivity contribution is -0.484. The number of ketones is 1. The molecule has 0 heterocycles. The van der Waals surface area contributed by atoms with Gasteiger partial charge in [0.1, 0.15) is 5.92 Å². The molecule has 0 amide bonds. The summed E-state index contributed by atoms with van der Waals surface area (Å²) in [4.78, 5) is 36.2. The van der Waals surface area contributed by atoms with Gasteiger partial charge in [-0.2, -0.15) is 0 Å². The van der Waals surface area contributed by atoms with E-state index in [1.165, 1.54) is 0 Å². The van der Waals surface area contributed by atoms with Gasteiger partial charge in [0.05, 0.1) is 12.5 Å². The van der Waals surface area contributed by atoms with E-state index in [-0.39, 0.29) is 6.61 Å². The Labute approximate surface area is 159 Å². The fourth-order valence-electron chi connectivity index (χ4n) is 2.74. The van der Waals surface area contributed by atoms with Gasteiger partial charge in [0, 0.05) is 15.0 Å². The average Bonchev–Trinajstić information content (AvgIpc) is 2.62. The first-order valence-electron chi connectivity index (χ1n) is 8.07. The summed E-state index contributed by atoms with van der Waals surface area (Å²) in [5, 5.41) is 11.2. The lowest BCUT2D eigenvalue weighted by Gasteiger charge is -2.22. The predicted molar refractivity (Wildman–Crippen MR) is 99.6 cm³/mol. The van der Waals surface area contributed by atoms with Gasteiger partial charge >= 0.3 is 5.97 Å². The van der Waals surface area contributed by atoms with Crippen LogP contribution in [0.3, 0.4) is 0 Å². The number of hydrogen-bond donors (Lipinski definition) is 0. The molecule has 0 aliphatic rings. The zero-order valence-electron chi connectivity index (χ0n) is 14.1. The molecule has 2 atom stereocenters. The molecule has 0 bridgehead atoms. The third-order valence-corrected chi connectivity index (χ3v) is 4.46. The van der Waals surface area contributed by atoms with Crippen LogP contribution in [0.1, 0.15) is 28.8 Å². The largest absolute Gasteiger partial charge is 0.465 e. The van der Waals surface area contributed by atoms with Crippen molar-refractivity contribution in [1.82, 2.24) is 0 Å². The minimum absolute atomic E-state index is 0.0862. The normalized spacial score (nSPS) is 12.8. The van der Waals surface area contributed by atoms with Crippen LogP contribution >= 0.6 is 15.9 Å². The summed E-state index contributed by atoms with van der Waals surface area (Å²) in [6.45, 7) is 1.16. The van der Waals surface area contributed by atoms with Crippen molar-refractivity contribution in [1.29, 1.82) is 0 Å². The number of nitro groups is 1. The summed E-state index contributed by atoms with van der Waals surface area (Å²) in [7, 11) is 0. The average molecular weight is 420 g/mol. The Hall–Kier alpha value is -2.54. The Bertz CT molecular complexity index is 776. The number of benzene rings is 2. The molecule has 0 aliphatic heterocycles. The second-order valence-electron chi connectivity index (χ2n) is 5.63. The summed E-state index contributed by atoms with van der Waals surface area (Å²) in [5.74, 6) is -3.45. The fraction of sp³-hybridized carbons (Fsp3) is 0.263. The van der Waals surface area contributed by atoms with Crippen LogP contribution in [-0.4, -0.2) is 29.8 Å². The molecule has 6 nitrogen and oxygen atoms in total. The highest BCUT2D eigenvalue weighted by molar-refractivity contribution is 9.10. The van der Waals surface area contributed by atoms with Crippen molar-refractivity contribution in [2.24, 2.45) is 5.92 Å². The molecule has 0 N–H and O–H groups in total. The molecular formula is C19H18BrNO5. The molecular weight excluding hydrogens is 402 g/mol. The number of Topliss-reactive ketones (excluding diaryl/α,β-unsaturated/α-hetero) is 1. The Kier molecular flexibility index (Phi) is 7.03. The minimum atomic E-state index is -1.29.